The maximum absolute atomic E-state index is 11.5. The molecular formula is C19H22O3. The van der Waals surface area contributed by atoms with Crippen molar-refractivity contribution in [2.45, 2.75) is 40.2 Å². The average Bonchev–Trinajstić information content (AvgIpc) is 2.40. The third-order valence-corrected chi connectivity index (χ3v) is 3.66. The van der Waals surface area contributed by atoms with Gasteiger partial charge < -0.3 is 9.84 Å². The summed E-state index contributed by atoms with van der Waals surface area (Å²) in [4.78, 5) is 11.5. The van der Waals surface area contributed by atoms with Crippen molar-refractivity contribution in [1.29, 1.82) is 0 Å². The van der Waals surface area contributed by atoms with E-state index in [1.54, 1.807) is 0 Å². The maximum atomic E-state index is 11.5. The molecule has 0 aliphatic rings. The van der Waals surface area contributed by atoms with Crippen molar-refractivity contribution in [3.8, 4) is 5.75 Å². The number of benzene rings is 2. The number of carboxylic acid groups (broad SMARTS) is 1. The Morgan fingerprint density at radius 1 is 1.00 bits per heavy atom. The van der Waals surface area contributed by atoms with E-state index in [-0.39, 0.29) is 0 Å². The van der Waals surface area contributed by atoms with Gasteiger partial charge in [0.15, 0.2) is 6.10 Å². The van der Waals surface area contributed by atoms with E-state index >= 15 is 0 Å². The molecule has 2 aromatic carbocycles. The van der Waals surface area contributed by atoms with Crippen LogP contribution in [0.5, 0.6) is 5.75 Å². The summed E-state index contributed by atoms with van der Waals surface area (Å²) in [6.45, 7) is 7.94. The Labute approximate surface area is 131 Å². The lowest BCUT2D eigenvalue weighted by Crippen LogP contribution is -2.29. The first-order chi connectivity index (χ1) is 10.3. The van der Waals surface area contributed by atoms with E-state index in [1.165, 1.54) is 0 Å². The quantitative estimate of drug-likeness (QED) is 0.907. The molecule has 0 amide bonds. The highest BCUT2D eigenvalue weighted by molar-refractivity contribution is 5.73. The molecule has 0 fully saturated rings. The van der Waals surface area contributed by atoms with Gasteiger partial charge in [-0.2, -0.15) is 0 Å². The van der Waals surface area contributed by atoms with Crippen molar-refractivity contribution in [3.05, 3.63) is 64.2 Å². The second-order valence-electron chi connectivity index (χ2n) is 5.90. The number of carbonyl (C=O) groups is 1. The fourth-order valence-corrected chi connectivity index (χ4v) is 2.56. The van der Waals surface area contributed by atoms with Gasteiger partial charge in [-0.15, -0.1) is 0 Å². The lowest BCUT2D eigenvalue weighted by Gasteiger charge is -2.17. The topological polar surface area (TPSA) is 46.5 Å². The highest BCUT2D eigenvalue weighted by Gasteiger charge is 2.21. The normalized spacial score (nSPS) is 12.0. The minimum atomic E-state index is -0.944. The zero-order valence-electron chi connectivity index (χ0n) is 13.5. The molecule has 116 valence electrons. The molecule has 3 nitrogen and oxygen atoms in total. The predicted octanol–water partition coefficient (Wildman–Crippen LogP) is 3.99. The van der Waals surface area contributed by atoms with Crippen molar-refractivity contribution >= 4 is 5.97 Å². The van der Waals surface area contributed by atoms with Crippen LogP contribution in [0.3, 0.4) is 0 Å². The molecular weight excluding hydrogens is 276 g/mol. The van der Waals surface area contributed by atoms with E-state index < -0.39 is 12.1 Å². The summed E-state index contributed by atoms with van der Waals surface area (Å²) in [7, 11) is 0. The summed E-state index contributed by atoms with van der Waals surface area (Å²) >= 11 is 0. The molecule has 3 heteroatoms. The van der Waals surface area contributed by atoms with Gasteiger partial charge in [0.05, 0.1) is 0 Å². The lowest BCUT2D eigenvalue weighted by atomic mass is 10.00. The second kappa shape index (κ2) is 6.65. The SMILES string of the molecule is Cc1cc(C)cc(OC(Cc2cc(C)ccc2C)C(=O)O)c1. The standard InChI is InChI=1S/C19H22O3/c1-12-5-6-15(4)16(8-12)11-18(19(20)21)22-17-9-13(2)7-14(3)10-17/h5-10,18H,11H2,1-4H3,(H,20,21). The minimum Gasteiger partial charge on any atom is -0.478 e. The van der Waals surface area contributed by atoms with Gasteiger partial charge in [0.1, 0.15) is 5.75 Å². The Hall–Kier alpha value is -2.29. The van der Waals surface area contributed by atoms with Crippen molar-refractivity contribution in [1.82, 2.24) is 0 Å². The van der Waals surface area contributed by atoms with Gasteiger partial charge in [0, 0.05) is 6.42 Å². The summed E-state index contributed by atoms with van der Waals surface area (Å²) in [6, 6.07) is 11.8. The summed E-state index contributed by atoms with van der Waals surface area (Å²) in [5.41, 5.74) is 5.34. The van der Waals surface area contributed by atoms with Crippen LogP contribution < -0.4 is 4.74 Å². The van der Waals surface area contributed by atoms with Crippen LogP contribution in [0, 0.1) is 27.7 Å². The van der Waals surface area contributed by atoms with E-state index in [9.17, 15) is 9.90 Å². The largest absolute Gasteiger partial charge is 0.478 e. The minimum absolute atomic E-state index is 0.357. The molecule has 2 rings (SSSR count). The van der Waals surface area contributed by atoms with Gasteiger partial charge >= 0.3 is 5.97 Å². The molecule has 22 heavy (non-hydrogen) atoms. The third-order valence-electron chi connectivity index (χ3n) is 3.66. The maximum Gasteiger partial charge on any atom is 0.345 e. The molecule has 0 heterocycles. The molecule has 0 saturated heterocycles. The molecule has 0 saturated carbocycles. The smallest absolute Gasteiger partial charge is 0.345 e. The first kappa shape index (κ1) is 16.1. The number of hydrogen-bond acceptors (Lipinski definition) is 2. The monoisotopic (exact) mass is 298 g/mol. The van der Waals surface area contributed by atoms with E-state index in [2.05, 4.69) is 0 Å². The molecule has 0 bridgehead atoms. The Kier molecular flexibility index (Phi) is 4.86. The second-order valence-corrected chi connectivity index (χ2v) is 5.90. The lowest BCUT2D eigenvalue weighted by molar-refractivity contribution is -0.145. The number of carboxylic acids is 1. The molecule has 0 spiro atoms. The zero-order chi connectivity index (χ0) is 16.3. The van der Waals surface area contributed by atoms with E-state index in [4.69, 9.17) is 4.74 Å². The van der Waals surface area contributed by atoms with Gasteiger partial charge in [-0.05, 0) is 62.1 Å². The molecule has 2 aromatic rings. The van der Waals surface area contributed by atoms with Gasteiger partial charge in [-0.1, -0.05) is 29.8 Å². The van der Waals surface area contributed by atoms with Crippen LogP contribution in [0.15, 0.2) is 36.4 Å². The van der Waals surface area contributed by atoms with Crippen molar-refractivity contribution in [3.63, 3.8) is 0 Å². The predicted molar refractivity (Wildman–Crippen MR) is 87.6 cm³/mol. The van der Waals surface area contributed by atoms with Crippen LogP contribution in [-0.2, 0) is 11.2 Å². The molecule has 0 aromatic heterocycles. The summed E-state index contributed by atoms with van der Waals surface area (Å²) < 4.78 is 5.74. The number of ether oxygens (including phenoxy) is 1. The van der Waals surface area contributed by atoms with Crippen molar-refractivity contribution in [2.24, 2.45) is 0 Å². The van der Waals surface area contributed by atoms with Crippen LogP contribution in [-0.4, -0.2) is 17.2 Å². The van der Waals surface area contributed by atoms with E-state index in [0.29, 0.717) is 12.2 Å². The van der Waals surface area contributed by atoms with Gasteiger partial charge in [-0.3, -0.25) is 0 Å². The molecule has 1 unspecified atom stereocenters. The molecule has 1 N–H and O–H groups in total. The first-order valence-corrected chi connectivity index (χ1v) is 7.39. The number of hydrogen-bond donors (Lipinski definition) is 1. The number of rotatable bonds is 5. The molecule has 0 aliphatic heterocycles. The Balaban J connectivity index is 2.23. The first-order valence-electron chi connectivity index (χ1n) is 7.39. The molecule has 1 atom stereocenters. The van der Waals surface area contributed by atoms with E-state index in [0.717, 1.165) is 27.8 Å². The van der Waals surface area contributed by atoms with Crippen LogP contribution in [0.4, 0.5) is 0 Å². The average molecular weight is 298 g/mol. The Morgan fingerprint density at radius 3 is 2.23 bits per heavy atom. The Morgan fingerprint density at radius 2 is 1.64 bits per heavy atom. The molecule has 0 aliphatic carbocycles. The summed E-state index contributed by atoms with van der Waals surface area (Å²) in [6.07, 6.45) is -0.530. The van der Waals surface area contributed by atoms with Gasteiger partial charge in [0.25, 0.3) is 0 Å². The van der Waals surface area contributed by atoms with Crippen LogP contribution in [0.2, 0.25) is 0 Å². The van der Waals surface area contributed by atoms with E-state index in [1.807, 2.05) is 64.1 Å². The summed E-state index contributed by atoms with van der Waals surface area (Å²) in [5.74, 6) is -0.338. The fourth-order valence-electron chi connectivity index (χ4n) is 2.56. The Bertz CT molecular complexity index is 669. The van der Waals surface area contributed by atoms with Crippen LogP contribution >= 0.6 is 0 Å². The highest BCUT2D eigenvalue weighted by Crippen LogP contribution is 2.20. The van der Waals surface area contributed by atoms with Crippen LogP contribution in [0.1, 0.15) is 27.8 Å². The third kappa shape index (κ3) is 4.10. The van der Waals surface area contributed by atoms with Gasteiger partial charge in [-0.25, -0.2) is 4.79 Å². The zero-order valence-corrected chi connectivity index (χ0v) is 13.5. The fraction of sp³-hybridized carbons (Fsp3) is 0.316. The van der Waals surface area contributed by atoms with Gasteiger partial charge in [0.2, 0.25) is 0 Å². The van der Waals surface area contributed by atoms with Crippen molar-refractivity contribution in [2.75, 3.05) is 0 Å². The number of aliphatic carboxylic acids is 1. The summed E-state index contributed by atoms with van der Waals surface area (Å²) in [5, 5.41) is 9.47. The van der Waals surface area contributed by atoms with Crippen molar-refractivity contribution < 1.29 is 14.6 Å². The van der Waals surface area contributed by atoms with Crippen LogP contribution in [0.25, 0.3) is 0 Å². The number of aryl methyl sites for hydroxylation is 4. The highest BCUT2D eigenvalue weighted by atomic mass is 16.5. The molecule has 0 radical (unpaired) electrons.